The van der Waals surface area contributed by atoms with E-state index in [0.717, 1.165) is 24.1 Å². The molecule has 0 saturated heterocycles. The lowest BCUT2D eigenvalue weighted by Gasteiger charge is -2.35. The second-order valence-corrected chi connectivity index (χ2v) is 6.93. The summed E-state index contributed by atoms with van der Waals surface area (Å²) in [5, 5.41) is 9.89. The zero-order valence-electron chi connectivity index (χ0n) is 14.8. The molecule has 0 radical (unpaired) electrons. The molecule has 25 heavy (non-hydrogen) atoms. The summed E-state index contributed by atoms with van der Waals surface area (Å²) >= 11 is 0. The van der Waals surface area contributed by atoms with Crippen molar-refractivity contribution in [2.45, 2.75) is 52.1 Å². The maximum atomic E-state index is 12.7. The first-order valence-electron chi connectivity index (χ1n) is 8.69. The van der Waals surface area contributed by atoms with Crippen molar-refractivity contribution in [3.05, 3.63) is 41.1 Å². The zero-order valence-corrected chi connectivity index (χ0v) is 14.8. The topological polar surface area (TPSA) is 76.0 Å². The highest BCUT2D eigenvalue weighted by Gasteiger charge is 2.43. The summed E-state index contributed by atoms with van der Waals surface area (Å²) in [5.74, 6) is -1.14. The van der Waals surface area contributed by atoms with Crippen molar-refractivity contribution < 1.29 is 19.4 Å². The minimum atomic E-state index is -0.460. The number of hydrogen-bond donors (Lipinski definition) is 1. The molecule has 1 aliphatic carbocycles. The van der Waals surface area contributed by atoms with Gasteiger partial charge in [-0.2, -0.15) is 0 Å². The first kappa shape index (κ1) is 17.4. The molecular formula is C20H23NO4. The van der Waals surface area contributed by atoms with Crippen LogP contribution in [0.3, 0.4) is 0 Å². The van der Waals surface area contributed by atoms with E-state index in [4.69, 9.17) is 4.74 Å². The van der Waals surface area contributed by atoms with Crippen LogP contribution in [0.1, 0.15) is 51.5 Å². The number of ether oxygens (including phenoxy) is 1. The largest absolute Gasteiger partial charge is 0.508 e. The number of aromatic hydroxyl groups is 1. The number of fused-ring (bicyclic) bond motifs is 1. The summed E-state index contributed by atoms with van der Waals surface area (Å²) in [6.45, 7) is 5.37. The molecule has 2 unspecified atom stereocenters. The monoisotopic (exact) mass is 341 g/mol. The van der Waals surface area contributed by atoms with Crippen molar-refractivity contribution in [2.75, 3.05) is 0 Å². The van der Waals surface area contributed by atoms with Crippen LogP contribution in [0, 0.1) is 5.92 Å². The lowest BCUT2D eigenvalue weighted by atomic mass is 9.69. The SMILES string of the molecule is CC1=C(C(=O)OC(C)C)C(c2cccc(O)c2)C2C(=O)CCCC2=N1. The van der Waals surface area contributed by atoms with Gasteiger partial charge in [-0.25, -0.2) is 4.79 Å². The van der Waals surface area contributed by atoms with Crippen LogP contribution in [0.5, 0.6) is 5.75 Å². The van der Waals surface area contributed by atoms with Gasteiger partial charge in [0.25, 0.3) is 0 Å². The van der Waals surface area contributed by atoms with Gasteiger partial charge in [-0.3, -0.25) is 9.79 Å². The molecular weight excluding hydrogens is 318 g/mol. The lowest BCUT2D eigenvalue weighted by molar-refractivity contribution is -0.143. The smallest absolute Gasteiger partial charge is 0.336 e. The molecule has 132 valence electrons. The molecule has 1 aromatic carbocycles. The Bertz CT molecular complexity index is 776. The molecule has 1 heterocycles. The van der Waals surface area contributed by atoms with Crippen molar-refractivity contribution >= 4 is 17.5 Å². The highest BCUT2D eigenvalue weighted by Crippen LogP contribution is 2.43. The standard InChI is InChI=1S/C20H23NO4/c1-11(2)25-20(24)17-12(3)21-15-8-5-9-16(23)19(15)18(17)13-6-4-7-14(22)10-13/h4,6-7,10-11,18-19,22H,5,8-9H2,1-3H3. The van der Waals surface area contributed by atoms with E-state index >= 15 is 0 Å². The Balaban J connectivity index is 2.14. The molecule has 0 amide bonds. The molecule has 0 spiro atoms. The molecule has 1 fully saturated rings. The predicted molar refractivity (Wildman–Crippen MR) is 94.6 cm³/mol. The van der Waals surface area contributed by atoms with E-state index in [1.807, 2.05) is 6.07 Å². The number of carbonyl (C=O) groups is 2. The molecule has 1 aliphatic heterocycles. The van der Waals surface area contributed by atoms with Crippen LogP contribution in [-0.2, 0) is 14.3 Å². The van der Waals surface area contributed by atoms with Gasteiger partial charge in [0.1, 0.15) is 11.5 Å². The number of nitrogens with zero attached hydrogens (tertiary/aromatic N) is 1. The maximum absolute atomic E-state index is 12.7. The number of benzene rings is 1. The normalized spacial score (nSPS) is 23.4. The van der Waals surface area contributed by atoms with Gasteiger partial charge < -0.3 is 9.84 Å². The second kappa shape index (κ2) is 6.82. The predicted octanol–water partition coefficient (Wildman–Crippen LogP) is 3.53. The van der Waals surface area contributed by atoms with Gasteiger partial charge >= 0.3 is 5.97 Å². The van der Waals surface area contributed by atoms with Crippen molar-refractivity contribution in [3.8, 4) is 5.75 Å². The van der Waals surface area contributed by atoms with E-state index in [-0.39, 0.29) is 17.6 Å². The van der Waals surface area contributed by atoms with Crippen molar-refractivity contribution in [1.82, 2.24) is 0 Å². The molecule has 1 N–H and O–H groups in total. The fourth-order valence-corrected chi connectivity index (χ4v) is 3.74. The van der Waals surface area contributed by atoms with Crippen LogP contribution in [0.2, 0.25) is 0 Å². The number of phenolic OH excluding ortho intramolecular Hbond substituents is 1. The third kappa shape index (κ3) is 3.36. The van der Waals surface area contributed by atoms with E-state index < -0.39 is 17.8 Å². The first-order chi connectivity index (χ1) is 11.9. The minimum Gasteiger partial charge on any atom is -0.508 e. The highest BCUT2D eigenvalue weighted by atomic mass is 16.5. The summed E-state index contributed by atoms with van der Waals surface area (Å²) in [5.41, 5.74) is 2.59. The Hall–Kier alpha value is -2.43. The molecule has 2 aliphatic rings. The number of ketones is 1. The van der Waals surface area contributed by atoms with Crippen LogP contribution >= 0.6 is 0 Å². The summed E-state index contributed by atoms with van der Waals surface area (Å²) in [4.78, 5) is 30.0. The van der Waals surface area contributed by atoms with Gasteiger partial charge in [-0.05, 0) is 51.3 Å². The second-order valence-electron chi connectivity index (χ2n) is 6.93. The van der Waals surface area contributed by atoms with Gasteiger partial charge in [-0.15, -0.1) is 0 Å². The van der Waals surface area contributed by atoms with E-state index in [1.54, 1.807) is 39.0 Å². The number of rotatable bonds is 3. The summed E-state index contributed by atoms with van der Waals surface area (Å²) in [6.07, 6.45) is 1.78. The van der Waals surface area contributed by atoms with Crippen LogP contribution in [0.4, 0.5) is 0 Å². The first-order valence-corrected chi connectivity index (χ1v) is 8.69. The molecule has 1 saturated carbocycles. The number of hydrogen-bond acceptors (Lipinski definition) is 5. The van der Waals surface area contributed by atoms with E-state index in [0.29, 0.717) is 17.7 Å². The number of aliphatic imine (C=N–C) groups is 1. The molecule has 2 atom stereocenters. The van der Waals surface area contributed by atoms with Crippen LogP contribution in [-0.4, -0.2) is 28.7 Å². The molecule has 1 aromatic rings. The van der Waals surface area contributed by atoms with E-state index in [1.165, 1.54) is 0 Å². The molecule has 3 rings (SSSR count). The summed E-state index contributed by atoms with van der Waals surface area (Å²) in [7, 11) is 0. The Morgan fingerprint density at radius 2 is 2.04 bits per heavy atom. The number of carbonyl (C=O) groups excluding carboxylic acids is 2. The van der Waals surface area contributed by atoms with Crippen LogP contribution < -0.4 is 0 Å². The van der Waals surface area contributed by atoms with E-state index in [9.17, 15) is 14.7 Å². The third-order valence-corrected chi connectivity index (χ3v) is 4.70. The molecule has 5 heteroatoms. The van der Waals surface area contributed by atoms with Gasteiger partial charge in [0.2, 0.25) is 0 Å². The number of esters is 1. The Kier molecular flexibility index (Phi) is 4.75. The Morgan fingerprint density at radius 3 is 2.72 bits per heavy atom. The number of Topliss-reactive ketones (excluding diaryl/α,β-unsaturated/α-hetero) is 1. The van der Waals surface area contributed by atoms with Gasteiger partial charge in [0, 0.05) is 23.7 Å². The Labute approximate surface area is 147 Å². The molecule has 5 nitrogen and oxygen atoms in total. The van der Waals surface area contributed by atoms with Crippen molar-refractivity contribution in [1.29, 1.82) is 0 Å². The number of allylic oxidation sites excluding steroid dienone is 1. The van der Waals surface area contributed by atoms with Gasteiger partial charge in [0.05, 0.1) is 17.6 Å². The third-order valence-electron chi connectivity index (χ3n) is 4.70. The zero-order chi connectivity index (χ0) is 18.1. The van der Waals surface area contributed by atoms with Gasteiger partial charge in [-0.1, -0.05) is 12.1 Å². The number of phenols is 1. The fraction of sp³-hybridized carbons (Fsp3) is 0.450. The van der Waals surface area contributed by atoms with E-state index in [2.05, 4.69) is 4.99 Å². The molecule has 0 bridgehead atoms. The van der Waals surface area contributed by atoms with Crippen LogP contribution in [0.15, 0.2) is 40.5 Å². The summed E-state index contributed by atoms with van der Waals surface area (Å²) in [6, 6.07) is 6.76. The maximum Gasteiger partial charge on any atom is 0.336 e. The average molecular weight is 341 g/mol. The van der Waals surface area contributed by atoms with Crippen LogP contribution in [0.25, 0.3) is 0 Å². The van der Waals surface area contributed by atoms with Crippen molar-refractivity contribution in [2.24, 2.45) is 10.9 Å². The van der Waals surface area contributed by atoms with Gasteiger partial charge in [0.15, 0.2) is 0 Å². The summed E-state index contributed by atoms with van der Waals surface area (Å²) < 4.78 is 5.42. The highest BCUT2D eigenvalue weighted by molar-refractivity contribution is 6.11. The minimum absolute atomic E-state index is 0.0979. The molecule has 0 aromatic heterocycles. The lowest BCUT2D eigenvalue weighted by Crippen LogP contribution is -2.39. The quantitative estimate of drug-likeness (QED) is 0.854. The Morgan fingerprint density at radius 1 is 1.28 bits per heavy atom. The average Bonchev–Trinajstić information content (AvgIpc) is 2.53. The fourth-order valence-electron chi connectivity index (χ4n) is 3.74. The van der Waals surface area contributed by atoms with Crippen molar-refractivity contribution in [3.63, 3.8) is 0 Å².